The lowest BCUT2D eigenvalue weighted by atomic mass is 10.3. The molecule has 12 heteroatoms. The largest absolute Gasteiger partial charge is 0.475 e. The lowest BCUT2D eigenvalue weighted by Gasteiger charge is -2.00. The number of carbonyl (C=O) groups excluding carboxylic acids is 1. The molecule has 0 saturated heterocycles. The first-order valence-corrected chi connectivity index (χ1v) is 9.14. The Morgan fingerprint density at radius 3 is 1.78 bits per heavy atom. The molecule has 4 aromatic rings. The summed E-state index contributed by atoms with van der Waals surface area (Å²) in [6.45, 7) is 1.93. The minimum Gasteiger partial charge on any atom is -0.475 e. The fourth-order valence-corrected chi connectivity index (χ4v) is 2.42. The molecule has 0 fully saturated rings. The van der Waals surface area contributed by atoms with Crippen LogP contribution in [0.1, 0.15) is 28.2 Å². The number of halogens is 2. The monoisotopic (exact) mass is 442 g/mol. The quantitative estimate of drug-likeness (QED) is 0.468. The van der Waals surface area contributed by atoms with Crippen molar-refractivity contribution in [3.8, 4) is 11.4 Å². The van der Waals surface area contributed by atoms with E-state index in [2.05, 4.69) is 20.2 Å². The molecule has 2 aromatic carbocycles. The summed E-state index contributed by atoms with van der Waals surface area (Å²) in [5.41, 5.74) is 0.396. The number of hydrogen-bond acceptors (Lipinski definition) is 7. The molecule has 0 amide bonds. The number of carboxylic acids is 1. The molecule has 4 rings (SSSR count). The number of aromatic nitrogens is 6. The van der Waals surface area contributed by atoms with E-state index in [0.29, 0.717) is 0 Å². The molecule has 164 valence electrons. The molecule has 0 atom stereocenters. The van der Waals surface area contributed by atoms with Gasteiger partial charge in [-0.2, -0.15) is 0 Å². The number of benzene rings is 2. The Hall–Kier alpha value is -4.48. The van der Waals surface area contributed by atoms with Crippen molar-refractivity contribution in [1.29, 1.82) is 0 Å². The van der Waals surface area contributed by atoms with Crippen LogP contribution in [0.15, 0.2) is 61.2 Å². The second-order valence-corrected chi connectivity index (χ2v) is 5.95. The SMILES string of the molecule is CCOC(=O)c1ncn(-c2ccccc2F)n1.O=C(O)c1ncn(-c2ccccc2F)n1. The summed E-state index contributed by atoms with van der Waals surface area (Å²) in [4.78, 5) is 29.1. The number of aromatic carboxylic acids is 1. The highest BCUT2D eigenvalue weighted by Gasteiger charge is 2.14. The van der Waals surface area contributed by atoms with E-state index in [0.717, 1.165) is 11.0 Å². The average molecular weight is 442 g/mol. The average Bonchev–Trinajstić information content (AvgIpc) is 3.46. The van der Waals surface area contributed by atoms with Crippen molar-refractivity contribution in [2.24, 2.45) is 0 Å². The standard InChI is InChI=1S/C11H10FN3O2.C9H6FN3O2/c1-2-17-11(16)10-13-7-15(14-10)9-6-4-3-5-8(9)12;10-6-3-1-2-4-7(6)13-5-11-8(12-13)9(14)15/h3-7H,2H2,1H3;1-5H,(H,14,15). The normalized spacial score (nSPS) is 10.2. The number of carbonyl (C=O) groups is 2. The van der Waals surface area contributed by atoms with Crippen LogP contribution in [0.5, 0.6) is 0 Å². The van der Waals surface area contributed by atoms with Crippen LogP contribution in [0.4, 0.5) is 8.78 Å². The van der Waals surface area contributed by atoms with E-state index in [9.17, 15) is 18.4 Å². The summed E-state index contributed by atoms with van der Waals surface area (Å²) in [6, 6.07) is 12.0. The van der Waals surface area contributed by atoms with Crippen LogP contribution >= 0.6 is 0 Å². The molecule has 2 heterocycles. The molecule has 0 aliphatic rings. The summed E-state index contributed by atoms with van der Waals surface area (Å²) >= 11 is 0. The predicted octanol–water partition coefficient (Wildman–Crippen LogP) is 2.69. The number of rotatable bonds is 5. The Kier molecular flexibility index (Phi) is 6.95. The van der Waals surface area contributed by atoms with Crippen molar-refractivity contribution >= 4 is 11.9 Å². The first kappa shape index (κ1) is 22.2. The number of ether oxygens (including phenoxy) is 1. The van der Waals surface area contributed by atoms with Crippen LogP contribution in [0.25, 0.3) is 11.4 Å². The van der Waals surface area contributed by atoms with Crippen molar-refractivity contribution in [3.63, 3.8) is 0 Å². The molecule has 0 radical (unpaired) electrons. The van der Waals surface area contributed by atoms with Crippen molar-refractivity contribution in [2.75, 3.05) is 6.61 Å². The fourth-order valence-electron chi connectivity index (χ4n) is 2.42. The molecule has 1 N–H and O–H groups in total. The lowest BCUT2D eigenvalue weighted by molar-refractivity contribution is 0.0511. The van der Waals surface area contributed by atoms with Gasteiger partial charge in [0.15, 0.2) is 0 Å². The highest BCUT2D eigenvalue weighted by Crippen LogP contribution is 2.12. The van der Waals surface area contributed by atoms with Crippen molar-refractivity contribution < 1.29 is 28.2 Å². The van der Waals surface area contributed by atoms with E-state index in [-0.39, 0.29) is 29.6 Å². The third-order valence-electron chi connectivity index (χ3n) is 3.83. The molecular weight excluding hydrogens is 426 g/mol. The third kappa shape index (κ3) is 5.16. The Morgan fingerprint density at radius 2 is 1.34 bits per heavy atom. The van der Waals surface area contributed by atoms with Gasteiger partial charge in [-0.15, -0.1) is 10.2 Å². The molecule has 0 unspecified atom stereocenters. The van der Waals surface area contributed by atoms with Crippen LogP contribution < -0.4 is 0 Å². The minimum absolute atomic E-state index is 0.0879. The van der Waals surface area contributed by atoms with Gasteiger partial charge in [-0.05, 0) is 31.2 Å². The van der Waals surface area contributed by atoms with E-state index < -0.39 is 23.6 Å². The molecule has 0 saturated carbocycles. The highest BCUT2D eigenvalue weighted by molar-refractivity contribution is 5.85. The number of para-hydroxylation sites is 2. The maximum atomic E-state index is 13.4. The van der Waals surface area contributed by atoms with Gasteiger partial charge in [0.05, 0.1) is 6.61 Å². The van der Waals surface area contributed by atoms with Gasteiger partial charge < -0.3 is 9.84 Å². The lowest BCUT2D eigenvalue weighted by Crippen LogP contribution is -2.08. The number of carboxylic acid groups (broad SMARTS) is 1. The van der Waals surface area contributed by atoms with Crippen LogP contribution in [0.2, 0.25) is 0 Å². The Bertz CT molecular complexity index is 1240. The topological polar surface area (TPSA) is 125 Å². The Balaban J connectivity index is 0.000000182. The van der Waals surface area contributed by atoms with Gasteiger partial charge >= 0.3 is 11.9 Å². The molecule has 0 aliphatic carbocycles. The molecule has 32 heavy (non-hydrogen) atoms. The zero-order valence-electron chi connectivity index (χ0n) is 16.6. The van der Waals surface area contributed by atoms with Crippen molar-refractivity contribution in [1.82, 2.24) is 29.5 Å². The van der Waals surface area contributed by atoms with E-state index in [1.54, 1.807) is 31.2 Å². The Morgan fingerprint density at radius 1 is 0.875 bits per heavy atom. The van der Waals surface area contributed by atoms with Crippen molar-refractivity contribution in [3.05, 3.63) is 84.5 Å². The van der Waals surface area contributed by atoms with Gasteiger partial charge in [0.1, 0.15) is 35.7 Å². The van der Waals surface area contributed by atoms with Crippen LogP contribution in [0, 0.1) is 11.6 Å². The van der Waals surface area contributed by atoms with Crippen LogP contribution in [-0.2, 0) is 4.74 Å². The second-order valence-electron chi connectivity index (χ2n) is 5.95. The van der Waals surface area contributed by atoms with E-state index in [1.807, 2.05) is 0 Å². The fraction of sp³-hybridized carbons (Fsp3) is 0.100. The van der Waals surface area contributed by atoms with Crippen LogP contribution in [-0.4, -0.2) is 53.2 Å². The second kappa shape index (κ2) is 10.0. The van der Waals surface area contributed by atoms with Crippen molar-refractivity contribution in [2.45, 2.75) is 6.92 Å². The van der Waals surface area contributed by atoms with Gasteiger partial charge in [-0.1, -0.05) is 24.3 Å². The van der Waals surface area contributed by atoms with Gasteiger partial charge in [0, 0.05) is 0 Å². The first-order valence-electron chi connectivity index (χ1n) is 9.14. The van der Waals surface area contributed by atoms with Crippen LogP contribution in [0.3, 0.4) is 0 Å². The van der Waals surface area contributed by atoms with Gasteiger partial charge in [0.2, 0.25) is 0 Å². The van der Waals surface area contributed by atoms with Gasteiger partial charge in [-0.3, -0.25) is 0 Å². The molecule has 10 nitrogen and oxygen atoms in total. The Labute approximate surface area is 179 Å². The van der Waals surface area contributed by atoms with E-state index in [4.69, 9.17) is 9.84 Å². The third-order valence-corrected chi connectivity index (χ3v) is 3.83. The predicted molar refractivity (Wildman–Crippen MR) is 106 cm³/mol. The summed E-state index contributed by atoms with van der Waals surface area (Å²) in [5.74, 6) is -3.24. The minimum atomic E-state index is -1.25. The smallest absolute Gasteiger partial charge is 0.378 e. The van der Waals surface area contributed by atoms with Gasteiger partial charge in [-0.25, -0.2) is 37.7 Å². The number of hydrogen-bond donors (Lipinski definition) is 1. The first-order chi connectivity index (χ1) is 15.4. The molecule has 0 bridgehead atoms. The zero-order chi connectivity index (χ0) is 23.1. The van der Waals surface area contributed by atoms with E-state index in [1.165, 1.54) is 35.3 Å². The zero-order valence-corrected chi connectivity index (χ0v) is 16.6. The molecular formula is C20H16F2N6O4. The summed E-state index contributed by atoms with van der Waals surface area (Å²) in [7, 11) is 0. The number of esters is 1. The number of nitrogens with zero attached hydrogens (tertiary/aromatic N) is 6. The molecule has 0 spiro atoms. The summed E-state index contributed by atoms with van der Waals surface area (Å²) in [5, 5.41) is 16.0. The highest BCUT2D eigenvalue weighted by atomic mass is 19.1. The molecule has 0 aliphatic heterocycles. The maximum Gasteiger partial charge on any atom is 0.378 e. The van der Waals surface area contributed by atoms with E-state index >= 15 is 0 Å². The maximum absolute atomic E-state index is 13.4. The molecule has 2 aromatic heterocycles. The summed E-state index contributed by atoms with van der Waals surface area (Å²) in [6.07, 6.45) is 2.42. The van der Waals surface area contributed by atoms with Gasteiger partial charge in [0.25, 0.3) is 11.6 Å². The summed E-state index contributed by atoms with van der Waals surface area (Å²) < 4.78 is 33.7.